The number of carbonyl (C=O) groups is 5. The summed E-state index contributed by atoms with van der Waals surface area (Å²) < 4.78 is 0. The number of carboxylic acid groups (broad SMARTS) is 1. The largest absolute Gasteiger partial charge is 0.480 e. The Labute approximate surface area is 226 Å². The summed E-state index contributed by atoms with van der Waals surface area (Å²) in [5, 5.41) is 17.1. The lowest BCUT2D eigenvalue weighted by Gasteiger charge is -2.25. The van der Waals surface area contributed by atoms with Crippen LogP contribution < -0.4 is 38.9 Å². The molecule has 0 aliphatic carbocycles. The van der Waals surface area contributed by atoms with E-state index in [0.29, 0.717) is 5.69 Å². The molecule has 0 radical (unpaired) electrons. The van der Waals surface area contributed by atoms with Crippen LogP contribution in [0.25, 0.3) is 0 Å². The van der Waals surface area contributed by atoms with Gasteiger partial charge in [-0.25, -0.2) is 9.78 Å². The van der Waals surface area contributed by atoms with Crippen LogP contribution in [0.1, 0.15) is 51.6 Å². The van der Waals surface area contributed by atoms with Gasteiger partial charge in [0.1, 0.15) is 18.1 Å². The first kappa shape index (κ1) is 32.8. The number of imidazole rings is 1. The van der Waals surface area contributed by atoms with E-state index in [4.69, 9.17) is 22.9 Å². The number of rotatable bonds is 18. The number of amides is 4. The molecule has 4 atom stereocenters. The van der Waals surface area contributed by atoms with Crippen molar-refractivity contribution >= 4 is 35.6 Å². The van der Waals surface area contributed by atoms with Gasteiger partial charge in [-0.05, 0) is 31.6 Å². The smallest absolute Gasteiger partial charge is 0.326 e. The molecule has 0 spiro atoms. The molecule has 0 saturated carbocycles. The first-order valence-electron chi connectivity index (χ1n) is 12.5. The highest BCUT2D eigenvalue weighted by Gasteiger charge is 2.31. The predicted molar refractivity (Wildman–Crippen MR) is 141 cm³/mol. The van der Waals surface area contributed by atoms with Crippen LogP contribution in [-0.4, -0.2) is 81.3 Å². The zero-order valence-electron chi connectivity index (χ0n) is 22.2. The minimum Gasteiger partial charge on any atom is -0.480 e. The topological polar surface area (TPSA) is 287 Å². The van der Waals surface area contributed by atoms with E-state index in [1.807, 2.05) is 13.8 Å². The zero-order chi connectivity index (χ0) is 29.5. The van der Waals surface area contributed by atoms with Gasteiger partial charge in [0.2, 0.25) is 23.6 Å². The summed E-state index contributed by atoms with van der Waals surface area (Å²) in [6, 6.07) is -4.62. The van der Waals surface area contributed by atoms with Crippen LogP contribution in [0.3, 0.4) is 0 Å². The molecule has 16 nitrogen and oxygen atoms in total. The number of aromatic amines is 1. The van der Waals surface area contributed by atoms with Gasteiger partial charge in [-0.3, -0.25) is 24.2 Å². The van der Waals surface area contributed by atoms with Crippen molar-refractivity contribution in [3.8, 4) is 0 Å². The van der Waals surface area contributed by atoms with Gasteiger partial charge in [0.05, 0.1) is 12.4 Å². The Morgan fingerprint density at radius 1 is 0.974 bits per heavy atom. The zero-order valence-corrected chi connectivity index (χ0v) is 22.2. The fourth-order valence-electron chi connectivity index (χ4n) is 3.54. The lowest BCUT2D eigenvalue weighted by Crippen LogP contribution is -2.57. The van der Waals surface area contributed by atoms with E-state index in [1.165, 1.54) is 12.5 Å². The van der Waals surface area contributed by atoms with E-state index in [0.717, 1.165) is 0 Å². The van der Waals surface area contributed by atoms with E-state index < -0.39 is 53.8 Å². The summed E-state index contributed by atoms with van der Waals surface area (Å²) in [5.41, 5.74) is 22.1. The van der Waals surface area contributed by atoms with Gasteiger partial charge < -0.3 is 49.0 Å². The van der Waals surface area contributed by atoms with Crippen LogP contribution in [0.4, 0.5) is 0 Å². The Morgan fingerprint density at radius 2 is 1.59 bits per heavy atom. The van der Waals surface area contributed by atoms with Crippen LogP contribution in [-0.2, 0) is 30.4 Å². The Kier molecular flexibility index (Phi) is 14.0. The molecule has 13 N–H and O–H groups in total. The Balaban J connectivity index is 3.09. The number of carboxylic acids is 1. The standard InChI is InChI=1S/C23H40N10O6/c1-12(2)8-17(22(38)39)33-20(36)15(4-3-7-29-23(26)27)31-21(37)16(9-13-10-28-11-30-13)32-19(35)14(24)5-6-18(25)34/h10-12,14-17H,3-9,24H2,1-2H3,(H2,25,34)(H,28,30)(H,31,37)(H,32,35)(H,33,36)(H,38,39)(H4,26,27,29). The molecule has 39 heavy (non-hydrogen) atoms. The molecule has 16 heteroatoms. The number of guanidine groups is 1. The van der Waals surface area contributed by atoms with Crippen molar-refractivity contribution < 1.29 is 29.1 Å². The molecule has 4 unspecified atom stereocenters. The maximum Gasteiger partial charge on any atom is 0.326 e. The molecule has 218 valence electrons. The minimum absolute atomic E-state index is 0.0194. The van der Waals surface area contributed by atoms with Crippen LogP contribution in [0.2, 0.25) is 0 Å². The highest BCUT2D eigenvalue weighted by Crippen LogP contribution is 2.08. The van der Waals surface area contributed by atoms with E-state index >= 15 is 0 Å². The maximum absolute atomic E-state index is 13.3. The summed E-state index contributed by atoms with van der Waals surface area (Å²) in [4.78, 5) is 72.3. The molecular weight excluding hydrogens is 512 g/mol. The average molecular weight is 553 g/mol. The van der Waals surface area contributed by atoms with Crippen molar-refractivity contribution in [2.45, 2.75) is 76.5 Å². The molecule has 0 aliphatic heterocycles. The predicted octanol–water partition coefficient (Wildman–Crippen LogP) is -2.82. The summed E-state index contributed by atoms with van der Waals surface area (Å²) in [6.45, 7) is 3.79. The minimum atomic E-state index is -1.21. The second-order valence-electron chi connectivity index (χ2n) is 9.49. The van der Waals surface area contributed by atoms with Crippen LogP contribution in [0, 0.1) is 5.92 Å². The molecule has 1 rings (SSSR count). The van der Waals surface area contributed by atoms with E-state index in [9.17, 15) is 29.1 Å². The molecule has 1 heterocycles. The van der Waals surface area contributed by atoms with Crippen molar-refractivity contribution in [1.82, 2.24) is 25.9 Å². The van der Waals surface area contributed by atoms with Crippen LogP contribution >= 0.6 is 0 Å². The number of nitrogens with zero attached hydrogens (tertiary/aromatic N) is 2. The van der Waals surface area contributed by atoms with Gasteiger partial charge in [-0.1, -0.05) is 13.8 Å². The third kappa shape index (κ3) is 13.2. The first-order valence-corrected chi connectivity index (χ1v) is 12.5. The van der Waals surface area contributed by atoms with Crippen LogP contribution in [0.5, 0.6) is 0 Å². The monoisotopic (exact) mass is 552 g/mol. The number of nitrogens with one attached hydrogen (secondary N) is 4. The number of aliphatic imine (C=N–C) groups is 1. The number of hydrogen-bond donors (Lipinski definition) is 9. The number of carbonyl (C=O) groups excluding carboxylic acids is 4. The van der Waals surface area contributed by atoms with Crippen molar-refractivity contribution in [3.63, 3.8) is 0 Å². The second kappa shape index (κ2) is 16.6. The van der Waals surface area contributed by atoms with Crippen molar-refractivity contribution in [1.29, 1.82) is 0 Å². The molecule has 0 aliphatic rings. The summed E-state index contributed by atoms with van der Waals surface area (Å²) >= 11 is 0. The highest BCUT2D eigenvalue weighted by molar-refractivity contribution is 5.94. The Hall–Kier alpha value is -4.21. The van der Waals surface area contributed by atoms with Crippen molar-refractivity contribution in [3.05, 3.63) is 18.2 Å². The van der Waals surface area contributed by atoms with Gasteiger partial charge in [0.15, 0.2) is 5.96 Å². The molecule has 1 aromatic heterocycles. The van der Waals surface area contributed by atoms with Crippen molar-refractivity contribution in [2.75, 3.05) is 6.54 Å². The lowest BCUT2D eigenvalue weighted by molar-refractivity contribution is -0.143. The van der Waals surface area contributed by atoms with E-state index in [1.54, 1.807) is 0 Å². The molecule has 0 aromatic carbocycles. The van der Waals surface area contributed by atoms with E-state index in [-0.39, 0.29) is 56.9 Å². The second-order valence-corrected chi connectivity index (χ2v) is 9.49. The third-order valence-corrected chi connectivity index (χ3v) is 5.55. The molecule has 0 fully saturated rings. The fraction of sp³-hybridized carbons (Fsp3) is 0.609. The summed E-state index contributed by atoms with van der Waals surface area (Å²) in [6.07, 6.45) is 3.23. The third-order valence-electron chi connectivity index (χ3n) is 5.55. The molecule has 1 aromatic rings. The molecule has 0 saturated heterocycles. The number of hydrogen-bond acceptors (Lipinski definition) is 8. The normalized spacial score (nSPS) is 13.9. The van der Waals surface area contributed by atoms with Gasteiger partial charge in [0.25, 0.3) is 0 Å². The summed E-state index contributed by atoms with van der Waals surface area (Å²) in [7, 11) is 0. The van der Waals surface area contributed by atoms with E-state index in [2.05, 4.69) is 30.9 Å². The van der Waals surface area contributed by atoms with Crippen LogP contribution in [0.15, 0.2) is 17.5 Å². The average Bonchev–Trinajstić information content (AvgIpc) is 3.35. The fourth-order valence-corrected chi connectivity index (χ4v) is 3.54. The summed E-state index contributed by atoms with van der Waals surface area (Å²) in [5.74, 6) is -4.14. The first-order chi connectivity index (χ1) is 18.3. The van der Waals surface area contributed by atoms with Gasteiger partial charge in [0, 0.05) is 31.3 Å². The Morgan fingerprint density at radius 3 is 2.13 bits per heavy atom. The number of H-pyrrole nitrogens is 1. The quantitative estimate of drug-likeness (QED) is 0.0511. The Bertz CT molecular complexity index is 994. The SMILES string of the molecule is CC(C)CC(NC(=O)C(CCCN=C(N)N)NC(=O)C(Cc1cnc[nH]1)NC(=O)C(N)CCC(N)=O)C(=O)O. The molecule has 4 amide bonds. The van der Waals surface area contributed by atoms with Gasteiger partial charge in [-0.2, -0.15) is 0 Å². The van der Waals surface area contributed by atoms with Gasteiger partial charge >= 0.3 is 5.97 Å². The number of nitrogens with two attached hydrogens (primary N) is 4. The number of aromatic nitrogens is 2. The van der Waals surface area contributed by atoms with Crippen molar-refractivity contribution in [2.24, 2.45) is 33.8 Å². The lowest BCUT2D eigenvalue weighted by atomic mass is 10.0. The number of aliphatic carboxylic acids is 1. The molecule has 0 bridgehead atoms. The number of primary amides is 1. The van der Waals surface area contributed by atoms with Gasteiger partial charge in [-0.15, -0.1) is 0 Å². The highest BCUT2D eigenvalue weighted by atomic mass is 16.4. The molecular formula is C23H40N10O6. The maximum atomic E-state index is 13.3.